The minimum atomic E-state index is -1.59. The van der Waals surface area contributed by atoms with E-state index in [1.54, 1.807) is 31.2 Å². The molecule has 2 rings (SSSR count). The number of benzene rings is 2. The fourth-order valence-electron chi connectivity index (χ4n) is 2.02. The first-order valence-electron chi connectivity index (χ1n) is 6.43. The lowest BCUT2D eigenvalue weighted by Crippen LogP contribution is -2.33. The van der Waals surface area contributed by atoms with Gasteiger partial charge in [-0.1, -0.05) is 6.07 Å². The number of aryl methyl sites for hydroxylation is 1. The van der Waals surface area contributed by atoms with Crippen molar-refractivity contribution in [1.82, 2.24) is 0 Å². The Bertz CT molecular complexity index is 631. The maximum Gasteiger partial charge on any atom is 0.488 e. The van der Waals surface area contributed by atoms with E-state index in [0.29, 0.717) is 28.1 Å². The molecule has 0 saturated heterocycles. The average molecular weight is 290 g/mol. The highest BCUT2D eigenvalue weighted by molar-refractivity contribution is 6.59. The monoisotopic (exact) mass is 290 g/mol. The summed E-state index contributed by atoms with van der Waals surface area (Å²) in [6.07, 6.45) is 0. The van der Waals surface area contributed by atoms with Gasteiger partial charge in [0.15, 0.2) is 0 Å². The van der Waals surface area contributed by atoms with Gasteiger partial charge in [-0.05, 0) is 53.8 Å². The van der Waals surface area contributed by atoms with Gasteiger partial charge in [-0.3, -0.25) is 0 Å². The molecule has 0 heterocycles. The zero-order chi connectivity index (χ0) is 15.4. The van der Waals surface area contributed by atoms with E-state index in [1.807, 2.05) is 0 Å². The summed E-state index contributed by atoms with van der Waals surface area (Å²) >= 11 is 0. The summed E-state index contributed by atoms with van der Waals surface area (Å²) in [5.74, 6) is 0.805. The van der Waals surface area contributed by atoms with Crippen LogP contribution in [0.15, 0.2) is 36.4 Å². The molecule has 2 aromatic rings. The summed E-state index contributed by atoms with van der Waals surface area (Å²) in [4.78, 5) is 0. The molecule has 21 heavy (non-hydrogen) atoms. The van der Waals surface area contributed by atoms with E-state index in [9.17, 15) is 14.4 Å². The average Bonchev–Trinajstić information content (AvgIpc) is 2.45. The topological polar surface area (TPSA) is 58.9 Å². The van der Waals surface area contributed by atoms with Crippen molar-refractivity contribution >= 4 is 12.6 Å². The minimum Gasteiger partial charge on any atom is -0.497 e. The zero-order valence-corrected chi connectivity index (χ0v) is 11.8. The Labute approximate surface area is 122 Å². The van der Waals surface area contributed by atoms with Gasteiger partial charge in [0.2, 0.25) is 0 Å². The van der Waals surface area contributed by atoms with Gasteiger partial charge in [0.1, 0.15) is 23.9 Å². The van der Waals surface area contributed by atoms with Gasteiger partial charge in [-0.2, -0.15) is 0 Å². The third kappa shape index (κ3) is 3.74. The van der Waals surface area contributed by atoms with Crippen LogP contribution in [0.1, 0.15) is 11.1 Å². The Kier molecular flexibility index (Phi) is 4.83. The molecule has 0 unspecified atom stereocenters. The van der Waals surface area contributed by atoms with Gasteiger partial charge in [-0.25, -0.2) is 4.39 Å². The molecule has 6 heteroatoms. The van der Waals surface area contributed by atoms with Gasteiger partial charge in [0.25, 0.3) is 0 Å². The maximum absolute atomic E-state index is 13.0. The molecule has 2 aromatic carbocycles. The van der Waals surface area contributed by atoms with Gasteiger partial charge in [0, 0.05) is 0 Å². The Morgan fingerprint density at radius 3 is 2.52 bits per heavy atom. The lowest BCUT2D eigenvalue weighted by atomic mass is 9.77. The van der Waals surface area contributed by atoms with Crippen molar-refractivity contribution in [3.63, 3.8) is 0 Å². The minimum absolute atomic E-state index is 0.122. The summed E-state index contributed by atoms with van der Waals surface area (Å²) in [6, 6.07) is 9.12. The SMILES string of the molecule is COc1ccc(B(O)O)c(COc2ccc(F)cc2C)c1. The first-order chi connectivity index (χ1) is 10.0. The Morgan fingerprint density at radius 1 is 1.14 bits per heavy atom. The van der Waals surface area contributed by atoms with Crippen LogP contribution < -0.4 is 14.9 Å². The lowest BCUT2D eigenvalue weighted by Gasteiger charge is -2.13. The third-order valence-electron chi connectivity index (χ3n) is 3.15. The Balaban J connectivity index is 2.22. The second-order valence-corrected chi connectivity index (χ2v) is 4.64. The summed E-state index contributed by atoms with van der Waals surface area (Å²) < 4.78 is 23.8. The van der Waals surface area contributed by atoms with E-state index in [0.717, 1.165) is 0 Å². The van der Waals surface area contributed by atoms with E-state index in [-0.39, 0.29) is 12.4 Å². The van der Waals surface area contributed by atoms with Crippen molar-refractivity contribution in [2.24, 2.45) is 0 Å². The zero-order valence-electron chi connectivity index (χ0n) is 11.8. The van der Waals surface area contributed by atoms with Crippen LogP contribution in [0.2, 0.25) is 0 Å². The highest BCUT2D eigenvalue weighted by atomic mass is 19.1. The molecule has 0 fully saturated rings. The summed E-state index contributed by atoms with van der Waals surface area (Å²) in [6.45, 7) is 1.86. The second kappa shape index (κ2) is 6.60. The number of methoxy groups -OCH3 is 1. The molecule has 4 nitrogen and oxygen atoms in total. The maximum atomic E-state index is 13.0. The third-order valence-corrected chi connectivity index (χ3v) is 3.15. The number of hydrogen-bond acceptors (Lipinski definition) is 4. The van der Waals surface area contributed by atoms with Crippen LogP contribution in [0.25, 0.3) is 0 Å². The molecule has 0 atom stereocenters. The first-order valence-corrected chi connectivity index (χ1v) is 6.43. The Hall–Kier alpha value is -2.05. The van der Waals surface area contributed by atoms with Crippen molar-refractivity contribution in [3.8, 4) is 11.5 Å². The fourth-order valence-corrected chi connectivity index (χ4v) is 2.02. The van der Waals surface area contributed by atoms with E-state index in [2.05, 4.69) is 0 Å². The number of ether oxygens (including phenoxy) is 2. The normalized spacial score (nSPS) is 10.3. The summed E-state index contributed by atoms with van der Waals surface area (Å²) in [5, 5.41) is 18.7. The molecule has 0 radical (unpaired) electrons. The molecule has 0 aromatic heterocycles. The molecule has 0 spiro atoms. The van der Waals surface area contributed by atoms with Gasteiger partial charge in [0.05, 0.1) is 7.11 Å². The van der Waals surface area contributed by atoms with Gasteiger partial charge < -0.3 is 19.5 Å². The predicted octanol–water partition coefficient (Wildman–Crippen LogP) is 1.40. The van der Waals surface area contributed by atoms with Crippen LogP contribution in [0.3, 0.4) is 0 Å². The molecular weight excluding hydrogens is 274 g/mol. The quantitative estimate of drug-likeness (QED) is 0.817. The lowest BCUT2D eigenvalue weighted by molar-refractivity contribution is 0.302. The van der Waals surface area contributed by atoms with E-state index < -0.39 is 7.12 Å². The highest BCUT2D eigenvalue weighted by Gasteiger charge is 2.17. The Morgan fingerprint density at radius 2 is 1.90 bits per heavy atom. The largest absolute Gasteiger partial charge is 0.497 e. The number of hydrogen-bond donors (Lipinski definition) is 2. The molecule has 0 aliphatic rings. The molecule has 110 valence electrons. The molecule has 2 N–H and O–H groups in total. The van der Waals surface area contributed by atoms with Crippen LogP contribution in [-0.4, -0.2) is 24.3 Å². The van der Waals surface area contributed by atoms with Crippen molar-refractivity contribution in [1.29, 1.82) is 0 Å². The van der Waals surface area contributed by atoms with Crippen molar-refractivity contribution < 1.29 is 23.9 Å². The van der Waals surface area contributed by atoms with Gasteiger partial charge >= 0.3 is 7.12 Å². The van der Waals surface area contributed by atoms with Crippen LogP contribution >= 0.6 is 0 Å². The van der Waals surface area contributed by atoms with Crippen LogP contribution in [0.5, 0.6) is 11.5 Å². The molecule has 0 aliphatic carbocycles. The van der Waals surface area contributed by atoms with E-state index >= 15 is 0 Å². The molecule has 0 amide bonds. The molecule has 0 saturated carbocycles. The first kappa shape index (κ1) is 15.3. The van der Waals surface area contributed by atoms with Crippen molar-refractivity contribution in [2.45, 2.75) is 13.5 Å². The second-order valence-electron chi connectivity index (χ2n) is 4.64. The summed E-state index contributed by atoms with van der Waals surface area (Å²) in [7, 11) is -0.0668. The van der Waals surface area contributed by atoms with Crippen LogP contribution in [0, 0.1) is 12.7 Å². The van der Waals surface area contributed by atoms with E-state index in [1.165, 1.54) is 19.2 Å². The number of rotatable bonds is 5. The van der Waals surface area contributed by atoms with Crippen molar-refractivity contribution in [3.05, 3.63) is 53.3 Å². The van der Waals surface area contributed by atoms with Crippen LogP contribution in [0.4, 0.5) is 4.39 Å². The van der Waals surface area contributed by atoms with Crippen molar-refractivity contribution in [2.75, 3.05) is 7.11 Å². The standard InChI is InChI=1S/C15H16BFO4/c1-10-7-12(17)3-6-15(10)21-9-11-8-13(20-2)4-5-14(11)16(18)19/h3-8,18-19H,9H2,1-2H3. The summed E-state index contributed by atoms with van der Waals surface area (Å²) in [5.41, 5.74) is 1.60. The predicted molar refractivity (Wildman–Crippen MR) is 78.3 cm³/mol. The molecule has 0 bridgehead atoms. The van der Waals surface area contributed by atoms with Crippen LogP contribution in [-0.2, 0) is 6.61 Å². The van der Waals surface area contributed by atoms with E-state index in [4.69, 9.17) is 9.47 Å². The highest BCUT2D eigenvalue weighted by Crippen LogP contribution is 2.20. The fraction of sp³-hybridized carbons (Fsp3) is 0.200. The molecular formula is C15H16BFO4. The number of halogens is 1. The molecule has 0 aliphatic heterocycles. The van der Waals surface area contributed by atoms with Gasteiger partial charge in [-0.15, -0.1) is 0 Å². The smallest absolute Gasteiger partial charge is 0.488 e.